The molecule has 1 aromatic rings. The molecule has 0 aliphatic carbocycles. The SMILES string of the molecule is Cc1cc(OCC(C)(C)CNCC(C)C)ccc1Br. The van der Waals surface area contributed by atoms with Gasteiger partial charge in [-0.1, -0.05) is 43.6 Å². The van der Waals surface area contributed by atoms with Crippen molar-refractivity contribution >= 4 is 15.9 Å². The molecule has 0 aromatic heterocycles. The zero-order valence-electron chi connectivity index (χ0n) is 12.7. The Morgan fingerprint density at radius 2 is 2.00 bits per heavy atom. The number of ether oxygens (including phenoxy) is 1. The van der Waals surface area contributed by atoms with Gasteiger partial charge < -0.3 is 10.1 Å². The topological polar surface area (TPSA) is 21.3 Å². The number of hydrogen-bond acceptors (Lipinski definition) is 2. The lowest BCUT2D eigenvalue weighted by Gasteiger charge is -2.26. The fourth-order valence-corrected chi connectivity index (χ4v) is 1.98. The summed E-state index contributed by atoms with van der Waals surface area (Å²) in [4.78, 5) is 0. The van der Waals surface area contributed by atoms with E-state index in [1.54, 1.807) is 0 Å². The summed E-state index contributed by atoms with van der Waals surface area (Å²) in [5.74, 6) is 1.63. The van der Waals surface area contributed by atoms with Crippen molar-refractivity contribution in [3.8, 4) is 5.75 Å². The summed E-state index contributed by atoms with van der Waals surface area (Å²) in [6.07, 6.45) is 0. The maximum Gasteiger partial charge on any atom is 0.119 e. The zero-order chi connectivity index (χ0) is 14.5. The highest BCUT2D eigenvalue weighted by Crippen LogP contribution is 2.23. The Labute approximate surface area is 126 Å². The molecule has 0 saturated heterocycles. The molecule has 0 fully saturated rings. The molecule has 0 saturated carbocycles. The Balaban J connectivity index is 2.43. The van der Waals surface area contributed by atoms with Gasteiger partial charge in [0.25, 0.3) is 0 Å². The molecule has 0 spiro atoms. The van der Waals surface area contributed by atoms with Gasteiger partial charge in [-0.25, -0.2) is 0 Å². The molecule has 0 unspecified atom stereocenters. The van der Waals surface area contributed by atoms with Gasteiger partial charge in [-0.15, -0.1) is 0 Å². The van der Waals surface area contributed by atoms with Crippen LogP contribution in [0.1, 0.15) is 33.3 Å². The molecule has 3 heteroatoms. The maximum absolute atomic E-state index is 5.90. The van der Waals surface area contributed by atoms with Crippen LogP contribution < -0.4 is 10.1 Å². The molecule has 19 heavy (non-hydrogen) atoms. The van der Waals surface area contributed by atoms with E-state index in [4.69, 9.17) is 4.74 Å². The molecule has 0 radical (unpaired) electrons. The van der Waals surface area contributed by atoms with Crippen LogP contribution in [0.5, 0.6) is 5.75 Å². The minimum atomic E-state index is 0.135. The number of nitrogens with one attached hydrogen (secondary N) is 1. The van der Waals surface area contributed by atoms with E-state index in [9.17, 15) is 0 Å². The second kappa shape index (κ2) is 7.30. The molecule has 0 aliphatic heterocycles. The van der Waals surface area contributed by atoms with Gasteiger partial charge in [0, 0.05) is 16.4 Å². The molecule has 0 amide bonds. The highest BCUT2D eigenvalue weighted by atomic mass is 79.9. The van der Waals surface area contributed by atoms with Crippen molar-refractivity contribution in [3.05, 3.63) is 28.2 Å². The lowest BCUT2D eigenvalue weighted by Crippen LogP contribution is -2.35. The first-order valence-corrected chi connectivity index (χ1v) is 7.69. The summed E-state index contributed by atoms with van der Waals surface area (Å²) in [6, 6.07) is 6.12. The van der Waals surface area contributed by atoms with Crippen LogP contribution in [0.4, 0.5) is 0 Å². The monoisotopic (exact) mass is 327 g/mol. The Morgan fingerprint density at radius 1 is 1.32 bits per heavy atom. The van der Waals surface area contributed by atoms with Crippen molar-refractivity contribution in [2.45, 2.75) is 34.6 Å². The lowest BCUT2D eigenvalue weighted by atomic mass is 9.94. The number of benzene rings is 1. The summed E-state index contributed by atoms with van der Waals surface area (Å²) in [6.45, 7) is 13.7. The smallest absolute Gasteiger partial charge is 0.119 e. The molecule has 0 heterocycles. The minimum Gasteiger partial charge on any atom is -0.493 e. The van der Waals surface area contributed by atoms with Crippen LogP contribution >= 0.6 is 15.9 Å². The molecule has 0 atom stereocenters. The summed E-state index contributed by atoms with van der Waals surface area (Å²) in [5.41, 5.74) is 1.34. The second-order valence-corrected chi connectivity index (χ2v) is 7.24. The van der Waals surface area contributed by atoms with Gasteiger partial charge in [0.2, 0.25) is 0 Å². The van der Waals surface area contributed by atoms with Gasteiger partial charge in [0.15, 0.2) is 0 Å². The predicted molar refractivity (Wildman–Crippen MR) is 85.9 cm³/mol. The molecule has 1 rings (SSSR count). The average molecular weight is 328 g/mol. The third-order valence-electron chi connectivity index (χ3n) is 2.92. The Morgan fingerprint density at radius 3 is 2.58 bits per heavy atom. The van der Waals surface area contributed by atoms with Gasteiger partial charge in [0.1, 0.15) is 5.75 Å². The van der Waals surface area contributed by atoms with Crippen molar-refractivity contribution in [3.63, 3.8) is 0 Å². The van der Waals surface area contributed by atoms with Crippen LogP contribution in [0.2, 0.25) is 0 Å². The first kappa shape index (κ1) is 16.5. The fraction of sp³-hybridized carbons (Fsp3) is 0.625. The van der Waals surface area contributed by atoms with Gasteiger partial charge in [-0.2, -0.15) is 0 Å². The van der Waals surface area contributed by atoms with Crippen molar-refractivity contribution < 1.29 is 4.74 Å². The Bertz CT molecular complexity index is 402. The van der Waals surface area contributed by atoms with Crippen LogP contribution in [-0.4, -0.2) is 19.7 Å². The molecule has 1 N–H and O–H groups in total. The van der Waals surface area contributed by atoms with E-state index in [-0.39, 0.29) is 5.41 Å². The first-order valence-electron chi connectivity index (χ1n) is 6.90. The van der Waals surface area contributed by atoms with Crippen LogP contribution in [0.3, 0.4) is 0 Å². The summed E-state index contributed by atoms with van der Waals surface area (Å²) in [5, 5.41) is 3.49. The van der Waals surface area contributed by atoms with Gasteiger partial charge >= 0.3 is 0 Å². The second-order valence-electron chi connectivity index (χ2n) is 6.39. The van der Waals surface area contributed by atoms with Crippen molar-refractivity contribution in [1.29, 1.82) is 0 Å². The van der Waals surface area contributed by atoms with E-state index in [0.717, 1.165) is 29.9 Å². The average Bonchev–Trinajstić information content (AvgIpc) is 2.30. The number of aryl methyl sites for hydroxylation is 1. The van der Waals surface area contributed by atoms with Crippen molar-refractivity contribution in [2.24, 2.45) is 11.3 Å². The quantitative estimate of drug-likeness (QED) is 0.801. The van der Waals surface area contributed by atoms with E-state index in [1.165, 1.54) is 5.56 Å². The van der Waals surface area contributed by atoms with Crippen LogP contribution in [0.15, 0.2) is 22.7 Å². The Hall–Kier alpha value is -0.540. The number of hydrogen-bond donors (Lipinski definition) is 1. The van der Waals surface area contributed by atoms with Gasteiger partial charge in [0.05, 0.1) is 6.61 Å². The molecular weight excluding hydrogens is 302 g/mol. The summed E-state index contributed by atoms with van der Waals surface area (Å²) < 4.78 is 7.03. The van der Waals surface area contributed by atoms with Crippen LogP contribution in [0.25, 0.3) is 0 Å². The lowest BCUT2D eigenvalue weighted by molar-refractivity contribution is 0.175. The molecular formula is C16H26BrNO. The molecule has 0 bridgehead atoms. The number of rotatable bonds is 7. The van der Waals surface area contributed by atoms with Crippen molar-refractivity contribution in [2.75, 3.05) is 19.7 Å². The van der Waals surface area contributed by atoms with Gasteiger partial charge in [-0.3, -0.25) is 0 Å². The first-order chi connectivity index (χ1) is 8.80. The molecule has 108 valence electrons. The third-order valence-corrected chi connectivity index (χ3v) is 3.80. The maximum atomic E-state index is 5.90. The highest BCUT2D eigenvalue weighted by molar-refractivity contribution is 9.10. The van der Waals surface area contributed by atoms with Crippen LogP contribution in [-0.2, 0) is 0 Å². The Kier molecular flexibility index (Phi) is 6.34. The van der Waals surface area contributed by atoms with E-state index in [1.807, 2.05) is 12.1 Å². The van der Waals surface area contributed by atoms with E-state index in [2.05, 4.69) is 61.9 Å². The van der Waals surface area contributed by atoms with E-state index < -0.39 is 0 Å². The normalized spacial score (nSPS) is 11.9. The van der Waals surface area contributed by atoms with E-state index in [0.29, 0.717) is 5.92 Å². The largest absolute Gasteiger partial charge is 0.493 e. The van der Waals surface area contributed by atoms with Gasteiger partial charge in [-0.05, 0) is 43.1 Å². The summed E-state index contributed by atoms with van der Waals surface area (Å²) in [7, 11) is 0. The minimum absolute atomic E-state index is 0.135. The number of halogens is 1. The zero-order valence-corrected chi connectivity index (χ0v) is 14.3. The highest BCUT2D eigenvalue weighted by Gasteiger charge is 2.18. The van der Waals surface area contributed by atoms with E-state index >= 15 is 0 Å². The standard InChI is InChI=1S/C16H26BrNO/c1-12(2)9-18-10-16(4,5)11-19-14-6-7-15(17)13(3)8-14/h6-8,12,18H,9-11H2,1-5H3. The molecule has 0 aliphatic rings. The summed E-state index contributed by atoms with van der Waals surface area (Å²) >= 11 is 3.50. The van der Waals surface area contributed by atoms with Crippen LogP contribution in [0, 0.1) is 18.3 Å². The third kappa shape index (κ3) is 6.44. The fourth-order valence-electron chi connectivity index (χ4n) is 1.74. The predicted octanol–water partition coefficient (Wildman–Crippen LogP) is 4.41. The molecule has 2 nitrogen and oxygen atoms in total. The molecule has 1 aromatic carbocycles. The van der Waals surface area contributed by atoms with Crippen molar-refractivity contribution in [1.82, 2.24) is 5.32 Å².